The topological polar surface area (TPSA) is 29.5 Å². The summed E-state index contributed by atoms with van der Waals surface area (Å²) in [6.45, 7) is 3.98. The smallest absolute Gasteiger partial charge is 0.416 e. The third kappa shape index (κ3) is 6.71. The molecule has 0 aromatic heterocycles. The van der Waals surface area contributed by atoms with Crippen LogP contribution in [0.3, 0.4) is 0 Å². The van der Waals surface area contributed by atoms with Gasteiger partial charge in [-0.1, -0.05) is 24.9 Å². The van der Waals surface area contributed by atoms with Crippen molar-refractivity contribution in [1.82, 2.24) is 4.90 Å². The maximum Gasteiger partial charge on any atom is 0.416 e. The number of ether oxygens (including phenoxy) is 1. The van der Waals surface area contributed by atoms with Crippen LogP contribution in [0.2, 0.25) is 5.02 Å². The van der Waals surface area contributed by atoms with Crippen LogP contribution in [-0.2, 0) is 6.18 Å². The molecule has 0 aliphatic carbocycles. The number of alkyl halides is 3. The molecule has 3 nitrogen and oxygen atoms in total. The van der Waals surface area contributed by atoms with E-state index in [0.29, 0.717) is 35.5 Å². The molecule has 0 saturated carbocycles. The van der Waals surface area contributed by atoms with Crippen LogP contribution in [0.5, 0.6) is 5.75 Å². The largest absolute Gasteiger partial charge is 0.494 e. The van der Waals surface area contributed by atoms with Crippen LogP contribution in [0.15, 0.2) is 48.5 Å². The SMILES string of the molecule is CC(CN1CCCCC1CCOc1ccc(C(F)(F)F)cc1)C(=O)c1ccc(Cl)cc1. The fourth-order valence-electron chi connectivity index (χ4n) is 4.01. The van der Waals surface area contributed by atoms with Gasteiger partial charge in [0, 0.05) is 29.1 Å². The van der Waals surface area contributed by atoms with Gasteiger partial charge in [-0.15, -0.1) is 0 Å². The van der Waals surface area contributed by atoms with Gasteiger partial charge in [0.2, 0.25) is 0 Å². The fraction of sp³-hybridized carbons (Fsp3) is 0.458. The minimum atomic E-state index is -4.35. The molecule has 2 unspecified atom stereocenters. The lowest BCUT2D eigenvalue weighted by Crippen LogP contribution is -2.43. The number of halogens is 4. The molecule has 0 spiro atoms. The van der Waals surface area contributed by atoms with Gasteiger partial charge in [-0.2, -0.15) is 13.2 Å². The van der Waals surface area contributed by atoms with Crippen LogP contribution in [0, 0.1) is 5.92 Å². The van der Waals surface area contributed by atoms with E-state index < -0.39 is 11.7 Å². The molecule has 3 rings (SSSR count). The van der Waals surface area contributed by atoms with E-state index in [1.54, 1.807) is 24.3 Å². The van der Waals surface area contributed by atoms with Crippen molar-refractivity contribution < 1.29 is 22.7 Å². The monoisotopic (exact) mass is 453 g/mol. The summed E-state index contributed by atoms with van der Waals surface area (Å²) in [6, 6.07) is 12.0. The van der Waals surface area contributed by atoms with E-state index >= 15 is 0 Å². The first-order valence-electron chi connectivity index (χ1n) is 10.6. The van der Waals surface area contributed by atoms with Crippen LogP contribution in [0.4, 0.5) is 13.2 Å². The van der Waals surface area contributed by atoms with Crippen molar-refractivity contribution >= 4 is 17.4 Å². The first-order chi connectivity index (χ1) is 14.7. The molecule has 0 radical (unpaired) electrons. The van der Waals surface area contributed by atoms with Gasteiger partial charge in [0.15, 0.2) is 5.78 Å². The molecule has 31 heavy (non-hydrogen) atoms. The molecule has 0 bridgehead atoms. The van der Waals surface area contributed by atoms with E-state index in [1.165, 1.54) is 12.1 Å². The highest BCUT2D eigenvalue weighted by Crippen LogP contribution is 2.30. The van der Waals surface area contributed by atoms with Crippen molar-refractivity contribution in [2.45, 2.75) is 44.8 Å². The number of hydrogen-bond donors (Lipinski definition) is 0. The Balaban J connectivity index is 1.52. The standard InChI is InChI=1S/C24H27ClF3NO2/c1-17(23(30)18-5-9-20(25)10-6-18)16-29-14-3-2-4-21(29)13-15-31-22-11-7-19(8-12-22)24(26,27)28/h5-12,17,21H,2-4,13-16H2,1H3. The summed E-state index contributed by atoms with van der Waals surface area (Å²) in [5.74, 6) is 0.390. The first kappa shape index (κ1) is 23.6. The Morgan fingerprint density at radius 2 is 1.81 bits per heavy atom. The number of piperidine rings is 1. The number of hydrogen-bond acceptors (Lipinski definition) is 3. The molecule has 168 valence electrons. The van der Waals surface area contributed by atoms with Crippen LogP contribution >= 0.6 is 11.6 Å². The van der Waals surface area contributed by atoms with Gasteiger partial charge in [-0.25, -0.2) is 0 Å². The lowest BCUT2D eigenvalue weighted by molar-refractivity contribution is -0.137. The maximum atomic E-state index is 12.8. The van der Waals surface area contributed by atoms with Crippen molar-refractivity contribution in [3.63, 3.8) is 0 Å². The van der Waals surface area contributed by atoms with Gasteiger partial charge in [-0.3, -0.25) is 9.69 Å². The molecule has 1 fully saturated rings. The second-order valence-electron chi connectivity index (χ2n) is 8.08. The van der Waals surface area contributed by atoms with E-state index in [-0.39, 0.29) is 11.7 Å². The zero-order valence-electron chi connectivity index (χ0n) is 17.5. The van der Waals surface area contributed by atoms with Gasteiger partial charge >= 0.3 is 6.18 Å². The molecular formula is C24H27ClF3NO2. The summed E-state index contributed by atoms with van der Waals surface area (Å²) in [6.07, 6.45) is -0.332. The van der Waals surface area contributed by atoms with Crippen LogP contribution < -0.4 is 4.74 Å². The number of ketones is 1. The molecule has 1 aliphatic rings. The average molecular weight is 454 g/mol. The van der Waals surface area contributed by atoms with Crippen LogP contribution in [0.1, 0.15) is 48.5 Å². The Morgan fingerprint density at radius 3 is 2.45 bits per heavy atom. The van der Waals surface area contributed by atoms with E-state index in [1.807, 2.05) is 6.92 Å². The van der Waals surface area contributed by atoms with E-state index in [9.17, 15) is 18.0 Å². The summed E-state index contributed by atoms with van der Waals surface area (Å²) in [5, 5.41) is 0.605. The highest BCUT2D eigenvalue weighted by molar-refractivity contribution is 6.30. The summed E-state index contributed by atoms with van der Waals surface area (Å²) in [4.78, 5) is 15.1. The number of rotatable bonds is 8. The van der Waals surface area contributed by atoms with Gasteiger partial charge in [0.05, 0.1) is 12.2 Å². The highest BCUT2D eigenvalue weighted by Gasteiger charge is 2.30. The lowest BCUT2D eigenvalue weighted by atomic mass is 9.94. The normalized spacial score (nSPS) is 18.5. The van der Waals surface area contributed by atoms with Gasteiger partial charge < -0.3 is 4.74 Å². The zero-order chi connectivity index (χ0) is 22.4. The highest BCUT2D eigenvalue weighted by atomic mass is 35.5. The van der Waals surface area contributed by atoms with Gasteiger partial charge in [-0.05, 0) is 74.3 Å². The molecular weight excluding hydrogens is 427 g/mol. The Morgan fingerprint density at radius 1 is 1.13 bits per heavy atom. The molecule has 1 aliphatic heterocycles. The lowest BCUT2D eigenvalue weighted by Gasteiger charge is -2.37. The van der Waals surface area contributed by atoms with Gasteiger partial charge in [0.1, 0.15) is 5.75 Å². The molecule has 0 N–H and O–H groups in total. The summed E-state index contributed by atoms with van der Waals surface area (Å²) in [5.41, 5.74) is -0.0197. The fourth-order valence-corrected chi connectivity index (χ4v) is 4.14. The van der Waals surface area contributed by atoms with E-state index in [4.69, 9.17) is 16.3 Å². The Hall–Kier alpha value is -2.05. The minimum Gasteiger partial charge on any atom is -0.494 e. The predicted octanol–water partition coefficient (Wildman–Crippen LogP) is 6.50. The van der Waals surface area contributed by atoms with Crippen LogP contribution in [0.25, 0.3) is 0 Å². The Labute approximate surface area is 186 Å². The molecule has 7 heteroatoms. The third-order valence-electron chi connectivity index (χ3n) is 5.74. The average Bonchev–Trinajstić information content (AvgIpc) is 2.74. The summed E-state index contributed by atoms with van der Waals surface area (Å²) in [7, 11) is 0. The molecule has 2 atom stereocenters. The van der Waals surface area contributed by atoms with Crippen molar-refractivity contribution in [3.05, 3.63) is 64.7 Å². The van der Waals surface area contributed by atoms with E-state index in [2.05, 4.69) is 4.90 Å². The van der Waals surface area contributed by atoms with Crippen molar-refractivity contribution in [2.75, 3.05) is 19.7 Å². The van der Waals surface area contributed by atoms with Crippen LogP contribution in [-0.4, -0.2) is 36.4 Å². The number of carbonyl (C=O) groups excluding carboxylic acids is 1. The molecule has 1 heterocycles. The number of Topliss-reactive ketones (excluding diaryl/α,β-unsaturated/α-hetero) is 1. The number of likely N-dealkylation sites (tertiary alicyclic amines) is 1. The molecule has 2 aromatic rings. The zero-order valence-corrected chi connectivity index (χ0v) is 18.3. The third-order valence-corrected chi connectivity index (χ3v) is 5.99. The van der Waals surface area contributed by atoms with Gasteiger partial charge in [0.25, 0.3) is 0 Å². The quantitative estimate of drug-likeness (QED) is 0.427. The first-order valence-corrected chi connectivity index (χ1v) is 11.0. The van der Waals surface area contributed by atoms with Crippen molar-refractivity contribution in [1.29, 1.82) is 0 Å². The molecule has 2 aromatic carbocycles. The second-order valence-corrected chi connectivity index (χ2v) is 8.51. The number of carbonyl (C=O) groups is 1. The number of nitrogens with zero attached hydrogens (tertiary/aromatic N) is 1. The Bertz CT molecular complexity index is 853. The molecule has 0 amide bonds. The summed E-state index contributed by atoms with van der Waals surface area (Å²) >= 11 is 5.91. The number of benzene rings is 2. The maximum absolute atomic E-state index is 12.8. The predicted molar refractivity (Wildman–Crippen MR) is 116 cm³/mol. The summed E-state index contributed by atoms with van der Waals surface area (Å²) < 4.78 is 43.7. The van der Waals surface area contributed by atoms with Crippen molar-refractivity contribution in [3.8, 4) is 5.75 Å². The van der Waals surface area contributed by atoms with E-state index in [0.717, 1.165) is 44.4 Å². The van der Waals surface area contributed by atoms with Crippen molar-refractivity contribution in [2.24, 2.45) is 5.92 Å². The molecule has 1 saturated heterocycles. The second kappa shape index (κ2) is 10.5. The Kier molecular flexibility index (Phi) is 8.00. The minimum absolute atomic E-state index is 0.0991.